The molecule has 4 rings (SSSR count). The van der Waals surface area contributed by atoms with E-state index in [0.717, 1.165) is 41.4 Å². The summed E-state index contributed by atoms with van der Waals surface area (Å²) in [5, 5.41) is 5.04. The van der Waals surface area contributed by atoms with Gasteiger partial charge in [0.05, 0.1) is 27.4 Å². The Hall–Kier alpha value is -3.76. The third-order valence-electron chi connectivity index (χ3n) is 7.69. The van der Waals surface area contributed by atoms with Crippen LogP contribution in [0.2, 0.25) is 0 Å². The Balaban J connectivity index is 1.49. The molecule has 232 valence electrons. The zero-order chi connectivity index (χ0) is 30.6. The zero-order valence-corrected chi connectivity index (χ0v) is 26.6. The van der Waals surface area contributed by atoms with Crippen molar-refractivity contribution < 1.29 is 23.8 Å². The summed E-state index contributed by atoms with van der Waals surface area (Å²) in [6.07, 6.45) is 2.98. The lowest BCUT2D eigenvalue weighted by molar-refractivity contribution is -0.132. The van der Waals surface area contributed by atoms with Gasteiger partial charge in [0.25, 0.3) is 0 Å². The molecule has 0 saturated carbocycles. The molecule has 2 heterocycles. The number of ether oxygens (including phenoxy) is 3. The Morgan fingerprint density at radius 1 is 0.953 bits per heavy atom. The van der Waals surface area contributed by atoms with Crippen molar-refractivity contribution in [3.05, 3.63) is 69.9 Å². The Morgan fingerprint density at radius 2 is 1.70 bits per heavy atom. The molecule has 1 aliphatic rings. The van der Waals surface area contributed by atoms with Gasteiger partial charge in [-0.2, -0.15) is 0 Å². The summed E-state index contributed by atoms with van der Waals surface area (Å²) >= 11 is 1.65. The lowest BCUT2D eigenvalue weighted by Crippen LogP contribution is -2.47. The monoisotopic (exact) mass is 608 g/mol. The predicted molar refractivity (Wildman–Crippen MR) is 172 cm³/mol. The third kappa shape index (κ3) is 9.36. The number of aryl methyl sites for hydroxylation is 1. The number of benzene rings is 2. The van der Waals surface area contributed by atoms with Gasteiger partial charge in [-0.05, 0) is 105 Å². The second kappa shape index (κ2) is 16.2. The number of rotatable bonds is 15. The van der Waals surface area contributed by atoms with Crippen molar-refractivity contribution >= 4 is 29.0 Å². The van der Waals surface area contributed by atoms with E-state index in [1.165, 1.54) is 12.8 Å². The summed E-state index contributed by atoms with van der Waals surface area (Å²) in [6.45, 7) is 8.82. The Morgan fingerprint density at radius 3 is 2.35 bits per heavy atom. The van der Waals surface area contributed by atoms with Gasteiger partial charge in [0.15, 0.2) is 11.5 Å². The maximum Gasteiger partial charge on any atom is 0.322 e. The van der Waals surface area contributed by atoms with Crippen LogP contribution < -0.4 is 19.5 Å². The van der Waals surface area contributed by atoms with Gasteiger partial charge in [-0.1, -0.05) is 6.07 Å². The van der Waals surface area contributed by atoms with Crippen molar-refractivity contribution in [2.45, 2.75) is 39.7 Å². The SMILES string of the molecule is CCOc1ccc(NC(=O)N(CCN2CCCC2)CC(=O)N(CCc2ccc(OC)c(OC)c2)Cc2sccc2C)cc1. The molecular weight excluding hydrogens is 564 g/mol. The van der Waals surface area contributed by atoms with Gasteiger partial charge in [0.2, 0.25) is 5.91 Å². The van der Waals surface area contributed by atoms with Gasteiger partial charge >= 0.3 is 6.03 Å². The molecule has 43 heavy (non-hydrogen) atoms. The molecule has 10 heteroatoms. The van der Waals surface area contributed by atoms with E-state index in [2.05, 4.69) is 23.2 Å². The predicted octanol–water partition coefficient (Wildman–Crippen LogP) is 5.67. The minimum absolute atomic E-state index is 0.00689. The molecule has 1 fully saturated rings. The lowest BCUT2D eigenvalue weighted by atomic mass is 10.1. The van der Waals surface area contributed by atoms with Crippen LogP contribution >= 0.6 is 11.3 Å². The van der Waals surface area contributed by atoms with E-state index >= 15 is 0 Å². The quantitative estimate of drug-likeness (QED) is 0.239. The van der Waals surface area contributed by atoms with Crippen LogP contribution in [0.4, 0.5) is 10.5 Å². The summed E-state index contributed by atoms with van der Waals surface area (Å²) < 4.78 is 16.4. The van der Waals surface area contributed by atoms with Crippen LogP contribution in [0.15, 0.2) is 53.9 Å². The number of nitrogens with zero attached hydrogens (tertiary/aromatic N) is 3. The Labute approximate surface area is 259 Å². The molecule has 3 amide bonds. The maximum absolute atomic E-state index is 13.9. The maximum atomic E-state index is 13.9. The van der Waals surface area contributed by atoms with Crippen molar-refractivity contribution in [2.24, 2.45) is 0 Å². The molecule has 1 aromatic heterocycles. The van der Waals surface area contributed by atoms with Gasteiger partial charge in [-0.15, -0.1) is 11.3 Å². The van der Waals surface area contributed by atoms with Crippen molar-refractivity contribution in [3.8, 4) is 17.2 Å². The molecule has 0 atom stereocenters. The molecular formula is C33H44N4O5S. The third-order valence-corrected chi connectivity index (χ3v) is 8.70. The topological polar surface area (TPSA) is 83.6 Å². The van der Waals surface area contributed by atoms with E-state index in [1.54, 1.807) is 30.5 Å². The van der Waals surface area contributed by atoms with E-state index in [1.807, 2.05) is 59.7 Å². The molecule has 1 N–H and O–H groups in total. The number of thiophene rings is 1. The number of carbonyl (C=O) groups excluding carboxylic acids is 2. The normalized spacial score (nSPS) is 13.0. The van der Waals surface area contributed by atoms with E-state index in [9.17, 15) is 9.59 Å². The first-order valence-electron chi connectivity index (χ1n) is 14.9. The molecule has 0 bridgehead atoms. The first-order chi connectivity index (χ1) is 20.9. The highest BCUT2D eigenvalue weighted by atomic mass is 32.1. The fraction of sp³-hybridized carbons (Fsp3) is 0.455. The average Bonchev–Trinajstić information content (AvgIpc) is 3.69. The molecule has 0 spiro atoms. The van der Waals surface area contributed by atoms with E-state index in [-0.39, 0.29) is 18.5 Å². The molecule has 3 aromatic rings. The Kier molecular flexibility index (Phi) is 12.1. The minimum atomic E-state index is -0.288. The molecule has 9 nitrogen and oxygen atoms in total. The Bertz CT molecular complexity index is 1320. The number of carbonyl (C=O) groups is 2. The van der Waals surface area contributed by atoms with Crippen molar-refractivity contribution in [2.75, 3.05) is 65.4 Å². The fourth-order valence-corrected chi connectivity index (χ4v) is 6.04. The van der Waals surface area contributed by atoms with Crippen molar-refractivity contribution in [1.29, 1.82) is 0 Å². The number of nitrogens with one attached hydrogen (secondary N) is 1. The number of hydrogen-bond donors (Lipinski definition) is 1. The summed E-state index contributed by atoms with van der Waals surface area (Å²) in [4.78, 5) is 34.5. The van der Waals surface area contributed by atoms with E-state index in [4.69, 9.17) is 14.2 Å². The first kappa shape index (κ1) is 32.2. The number of likely N-dealkylation sites (tertiary alicyclic amines) is 1. The molecule has 0 radical (unpaired) electrons. The summed E-state index contributed by atoms with van der Waals surface area (Å²) in [5.41, 5.74) is 2.86. The average molecular weight is 609 g/mol. The second-order valence-electron chi connectivity index (χ2n) is 10.6. The summed E-state index contributed by atoms with van der Waals surface area (Å²) in [6, 6.07) is 14.9. The van der Waals surface area contributed by atoms with Crippen LogP contribution in [0.25, 0.3) is 0 Å². The zero-order valence-electron chi connectivity index (χ0n) is 25.8. The van der Waals surface area contributed by atoms with Gasteiger partial charge in [0, 0.05) is 30.2 Å². The number of methoxy groups -OCH3 is 2. The molecule has 1 aliphatic heterocycles. The largest absolute Gasteiger partial charge is 0.494 e. The van der Waals surface area contributed by atoms with Crippen LogP contribution in [0.5, 0.6) is 17.2 Å². The van der Waals surface area contributed by atoms with Gasteiger partial charge < -0.3 is 34.2 Å². The number of anilines is 1. The molecule has 2 aromatic carbocycles. The highest BCUT2D eigenvalue weighted by molar-refractivity contribution is 7.10. The van der Waals surface area contributed by atoms with Crippen LogP contribution in [-0.4, -0.2) is 86.7 Å². The van der Waals surface area contributed by atoms with Gasteiger partial charge in [-0.25, -0.2) is 4.79 Å². The molecule has 0 aliphatic carbocycles. The second-order valence-corrected chi connectivity index (χ2v) is 11.6. The van der Waals surface area contributed by atoms with E-state index < -0.39 is 0 Å². The van der Waals surface area contributed by atoms with Crippen LogP contribution in [0, 0.1) is 6.92 Å². The summed E-state index contributed by atoms with van der Waals surface area (Å²) in [7, 11) is 3.23. The lowest BCUT2D eigenvalue weighted by Gasteiger charge is -2.29. The van der Waals surface area contributed by atoms with Gasteiger partial charge in [0.1, 0.15) is 12.3 Å². The highest BCUT2D eigenvalue weighted by Crippen LogP contribution is 2.28. The van der Waals surface area contributed by atoms with Crippen LogP contribution in [0.3, 0.4) is 0 Å². The fourth-order valence-electron chi connectivity index (χ4n) is 5.12. The van der Waals surface area contributed by atoms with Crippen LogP contribution in [0.1, 0.15) is 35.8 Å². The minimum Gasteiger partial charge on any atom is -0.494 e. The van der Waals surface area contributed by atoms with Gasteiger partial charge in [-0.3, -0.25) is 4.79 Å². The number of amides is 3. The summed E-state index contributed by atoms with van der Waals surface area (Å²) in [5.74, 6) is 1.98. The smallest absolute Gasteiger partial charge is 0.322 e. The number of hydrogen-bond acceptors (Lipinski definition) is 7. The first-order valence-corrected chi connectivity index (χ1v) is 15.8. The standard InChI is InChI=1S/C33H44N4O5S/c1-5-42-28-11-9-27(10-12-28)34-33(39)37(20-19-35-16-6-7-17-35)24-32(38)36(23-31-25(2)15-21-43-31)18-14-26-8-13-29(40-3)30(22-26)41-4/h8-13,15,21-22H,5-7,14,16-20,23-24H2,1-4H3,(H,34,39). The van der Waals surface area contributed by atoms with Crippen molar-refractivity contribution in [1.82, 2.24) is 14.7 Å². The number of urea groups is 1. The van der Waals surface area contributed by atoms with Crippen LogP contribution in [-0.2, 0) is 17.8 Å². The van der Waals surface area contributed by atoms with E-state index in [0.29, 0.717) is 49.8 Å². The molecule has 1 saturated heterocycles. The molecule has 0 unspecified atom stereocenters. The highest BCUT2D eigenvalue weighted by Gasteiger charge is 2.24. The van der Waals surface area contributed by atoms with Crippen molar-refractivity contribution in [3.63, 3.8) is 0 Å².